The second kappa shape index (κ2) is 5.63. The van der Waals surface area contributed by atoms with Crippen molar-refractivity contribution < 1.29 is 9.90 Å². The number of carbonyl (C=O) groups is 1. The van der Waals surface area contributed by atoms with Crippen LogP contribution in [0.1, 0.15) is 6.92 Å². The van der Waals surface area contributed by atoms with Crippen molar-refractivity contribution in [3.8, 4) is 5.75 Å². The molecule has 1 aromatic rings. The van der Waals surface area contributed by atoms with E-state index in [1.807, 2.05) is 0 Å². The molecule has 0 aliphatic rings. The summed E-state index contributed by atoms with van der Waals surface area (Å²) in [5.74, 6) is -0.579. The van der Waals surface area contributed by atoms with Crippen molar-refractivity contribution in [1.82, 2.24) is 0 Å². The van der Waals surface area contributed by atoms with Crippen LogP contribution in [0, 0.1) is 0 Å². The molecule has 0 spiro atoms. The van der Waals surface area contributed by atoms with E-state index in [2.05, 4.69) is 5.32 Å². The number of hydrogen-bond donors (Lipinski definition) is 2. The maximum Gasteiger partial charge on any atom is 0.252 e. The quantitative estimate of drug-likeness (QED) is 0.508. The second-order valence-electron chi connectivity index (χ2n) is 3.33. The molecule has 0 aromatic heterocycles. The highest BCUT2D eigenvalue weighted by Gasteiger charge is 2.28. The van der Waals surface area contributed by atoms with Gasteiger partial charge in [0.15, 0.2) is 0 Å². The number of hydrogen-bond acceptors (Lipinski definition) is 3. The van der Waals surface area contributed by atoms with E-state index in [9.17, 15) is 9.90 Å². The van der Waals surface area contributed by atoms with Gasteiger partial charge in [0.1, 0.15) is 5.75 Å². The fourth-order valence-electron chi connectivity index (χ4n) is 1.11. The molecule has 0 aliphatic heterocycles. The molecule has 0 bridgehead atoms. The Bertz CT molecular complexity index is 452. The Morgan fingerprint density at radius 3 is 2.47 bits per heavy atom. The zero-order valence-corrected chi connectivity index (χ0v) is 11.1. The van der Waals surface area contributed by atoms with Crippen molar-refractivity contribution >= 4 is 46.3 Å². The summed E-state index contributed by atoms with van der Waals surface area (Å²) in [6, 6.07) is 6.61. The van der Waals surface area contributed by atoms with Crippen LogP contribution in [0.5, 0.6) is 5.75 Å². The average molecular weight is 295 g/mol. The minimum atomic E-state index is -1.97. The van der Waals surface area contributed by atoms with Crippen LogP contribution in [0.2, 0.25) is 0 Å². The first-order valence-electron chi connectivity index (χ1n) is 4.65. The summed E-state index contributed by atoms with van der Waals surface area (Å²) < 4.78 is -1.97. The van der Waals surface area contributed by atoms with Gasteiger partial charge in [0.2, 0.25) is 5.78 Å². The van der Waals surface area contributed by atoms with E-state index >= 15 is 0 Å². The zero-order chi connectivity index (χ0) is 13.1. The van der Waals surface area contributed by atoms with Crippen molar-refractivity contribution in [3.63, 3.8) is 0 Å². The molecule has 0 saturated carbocycles. The molecule has 2 N–H and O–H groups in total. The van der Waals surface area contributed by atoms with Gasteiger partial charge >= 0.3 is 0 Å². The van der Waals surface area contributed by atoms with Crippen LogP contribution in [0.25, 0.3) is 0 Å². The number of alkyl halides is 3. The Kier molecular flexibility index (Phi) is 4.69. The summed E-state index contributed by atoms with van der Waals surface area (Å²) in [6.45, 7) is 1.63. The highest BCUT2D eigenvalue weighted by molar-refractivity contribution is 6.77. The third-order valence-electron chi connectivity index (χ3n) is 1.86. The molecule has 6 heteroatoms. The Morgan fingerprint density at radius 1 is 1.35 bits per heavy atom. The van der Waals surface area contributed by atoms with Gasteiger partial charge in [-0.3, -0.25) is 4.79 Å². The topological polar surface area (TPSA) is 49.3 Å². The smallest absolute Gasteiger partial charge is 0.252 e. The number of carbonyl (C=O) groups excluding carboxylic acids is 1. The van der Waals surface area contributed by atoms with Crippen molar-refractivity contribution in [2.75, 3.05) is 5.32 Å². The van der Waals surface area contributed by atoms with E-state index in [0.717, 1.165) is 0 Å². The Labute approximate surface area is 114 Å². The standard InChI is InChI=1S/C11H10Cl3NO2/c1-7(6-10(17)11(12,13)14)15-8-4-2-3-5-9(8)16/h2-6,15-16H,1H3/b7-6+. The Hall–Kier alpha value is -0.900. The van der Waals surface area contributed by atoms with Gasteiger partial charge in [-0.15, -0.1) is 0 Å². The lowest BCUT2D eigenvalue weighted by molar-refractivity contribution is -0.113. The fraction of sp³-hybridized carbons (Fsp3) is 0.182. The highest BCUT2D eigenvalue weighted by atomic mass is 35.6. The van der Waals surface area contributed by atoms with Gasteiger partial charge in [0.05, 0.1) is 5.69 Å². The molecule has 17 heavy (non-hydrogen) atoms. The molecule has 0 radical (unpaired) electrons. The Balaban J connectivity index is 2.80. The van der Waals surface area contributed by atoms with Gasteiger partial charge < -0.3 is 10.4 Å². The van der Waals surface area contributed by atoms with Gasteiger partial charge in [0.25, 0.3) is 3.79 Å². The summed E-state index contributed by atoms with van der Waals surface area (Å²) in [5, 5.41) is 12.3. The van der Waals surface area contributed by atoms with Crippen LogP contribution >= 0.6 is 34.8 Å². The predicted octanol–water partition coefficient (Wildman–Crippen LogP) is 3.65. The molecule has 1 rings (SSSR count). The lowest BCUT2D eigenvalue weighted by Crippen LogP contribution is -2.17. The van der Waals surface area contributed by atoms with E-state index in [-0.39, 0.29) is 5.75 Å². The second-order valence-corrected chi connectivity index (χ2v) is 5.61. The summed E-state index contributed by atoms with van der Waals surface area (Å²) in [6.07, 6.45) is 1.17. The maximum atomic E-state index is 11.4. The number of phenolic OH excluding ortho intramolecular Hbond substituents is 1. The van der Waals surface area contributed by atoms with Crippen molar-refractivity contribution in [2.24, 2.45) is 0 Å². The number of nitrogens with one attached hydrogen (secondary N) is 1. The first-order valence-corrected chi connectivity index (χ1v) is 5.78. The molecular formula is C11H10Cl3NO2. The molecule has 1 aromatic carbocycles. The van der Waals surface area contributed by atoms with Gasteiger partial charge in [-0.05, 0) is 19.1 Å². The lowest BCUT2D eigenvalue weighted by Gasteiger charge is -2.10. The minimum absolute atomic E-state index is 0.0709. The highest BCUT2D eigenvalue weighted by Crippen LogP contribution is 2.28. The number of halogens is 3. The molecule has 0 amide bonds. The maximum absolute atomic E-state index is 11.4. The van der Waals surface area contributed by atoms with Crippen LogP contribution in [0.15, 0.2) is 36.0 Å². The van der Waals surface area contributed by atoms with Gasteiger partial charge in [-0.25, -0.2) is 0 Å². The minimum Gasteiger partial charge on any atom is -0.506 e. The molecule has 0 saturated heterocycles. The summed E-state index contributed by atoms with van der Waals surface area (Å²) >= 11 is 16.3. The van der Waals surface area contributed by atoms with E-state index in [1.54, 1.807) is 25.1 Å². The number of anilines is 1. The summed E-state index contributed by atoms with van der Waals surface area (Å²) in [5.41, 5.74) is 0.932. The summed E-state index contributed by atoms with van der Waals surface area (Å²) in [4.78, 5) is 11.4. The summed E-state index contributed by atoms with van der Waals surface area (Å²) in [7, 11) is 0. The molecular weight excluding hydrogens is 284 g/mol. The normalized spacial score (nSPS) is 12.4. The molecule has 3 nitrogen and oxygen atoms in total. The lowest BCUT2D eigenvalue weighted by atomic mass is 10.2. The van der Waals surface area contributed by atoms with Gasteiger partial charge in [0, 0.05) is 11.8 Å². The Morgan fingerprint density at radius 2 is 1.94 bits per heavy atom. The van der Waals surface area contributed by atoms with Crippen molar-refractivity contribution in [1.29, 1.82) is 0 Å². The van der Waals surface area contributed by atoms with Gasteiger partial charge in [-0.2, -0.15) is 0 Å². The van der Waals surface area contributed by atoms with Crippen LogP contribution in [0.3, 0.4) is 0 Å². The molecule has 92 valence electrons. The number of aromatic hydroxyl groups is 1. The third-order valence-corrected chi connectivity index (χ3v) is 2.42. The van der Waals surface area contributed by atoms with E-state index in [1.165, 1.54) is 12.1 Å². The number of rotatable bonds is 3. The molecule has 0 fully saturated rings. The van der Waals surface area contributed by atoms with Crippen LogP contribution in [-0.2, 0) is 4.79 Å². The number of ketones is 1. The van der Waals surface area contributed by atoms with Crippen LogP contribution in [0.4, 0.5) is 5.69 Å². The average Bonchev–Trinajstić information content (AvgIpc) is 2.20. The first kappa shape index (κ1) is 14.2. The first-order chi connectivity index (χ1) is 7.80. The van der Waals surface area contributed by atoms with E-state index in [0.29, 0.717) is 11.4 Å². The van der Waals surface area contributed by atoms with Gasteiger partial charge in [-0.1, -0.05) is 46.9 Å². The van der Waals surface area contributed by atoms with Crippen molar-refractivity contribution in [2.45, 2.75) is 10.7 Å². The number of phenols is 1. The fourth-order valence-corrected chi connectivity index (χ4v) is 1.27. The SMILES string of the molecule is C/C(=C\C(=O)C(Cl)(Cl)Cl)Nc1ccccc1O. The molecule has 0 unspecified atom stereocenters. The third kappa shape index (κ3) is 4.46. The number of benzene rings is 1. The zero-order valence-electron chi connectivity index (χ0n) is 8.88. The molecule has 0 heterocycles. The largest absolute Gasteiger partial charge is 0.506 e. The van der Waals surface area contributed by atoms with Crippen LogP contribution < -0.4 is 5.32 Å². The van der Waals surface area contributed by atoms with E-state index < -0.39 is 9.58 Å². The van der Waals surface area contributed by atoms with E-state index in [4.69, 9.17) is 34.8 Å². The predicted molar refractivity (Wildman–Crippen MR) is 70.8 cm³/mol. The van der Waals surface area contributed by atoms with Crippen LogP contribution in [-0.4, -0.2) is 14.7 Å². The number of para-hydroxylation sites is 2. The number of allylic oxidation sites excluding steroid dienone is 2. The molecule has 0 aliphatic carbocycles. The van der Waals surface area contributed by atoms with Crippen molar-refractivity contribution in [3.05, 3.63) is 36.0 Å². The monoisotopic (exact) mass is 293 g/mol. The molecule has 0 atom stereocenters.